The molecule has 0 radical (unpaired) electrons. The SMILES string of the molecule is COc1cc2c(Oc3cccc(NC(N)=O)c3)ncnc2cc1OCCCN1CCN(S(C)(=O)=O)CC1. The average molecular weight is 531 g/mol. The molecule has 1 fully saturated rings. The van der Waals surface area contributed by atoms with E-state index in [9.17, 15) is 13.2 Å². The first-order chi connectivity index (χ1) is 17.7. The molecular weight excluding hydrogens is 500 g/mol. The second kappa shape index (κ2) is 11.6. The highest BCUT2D eigenvalue weighted by atomic mass is 32.2. The molecule has 0 unspecified atom stereocenters. The summed E-state index contributed by atoms with van der Waals surface area (Å²) < 4.78 is 42.3. The molecule has 0 bridgehead atoms. The van der Waals surface area contributed by atoms with Gasteiger partial charge in [-0.15, -0.1) is 0 Å². The third-order valence-electron chi connectivity index (χ3n) is 5.88. The first-order valence-corrected chi connectivity index (χ1v) is 13.5. The van der Waals surface area contributed by atoms with Crippen molar-refractivity contribution >= 4 is 32.6 Å². The monoisotopic (exact) mass is 530 g/mol. The smallest absolute Gasteiger partial charge is 0.316 e. The number of piperazine rings is 1. The van der Waals surface area contributed by atoms with Gasteiger partial charge in [0, 0.05) is 50.5 Å². The van der Waals surface area contributed by atoms with E-state index >= 15 is 0 Å². The lowest BCUT2D eigenvalue weighted by molar-refractivity contribution is 0.174. The summed E-state index contributed by atoms with van der Waals surface area (Å²) in [6.45, 7) is 3.68. The number of nitrogens with one attached hydrogen (secondary N) is 1. The third-order valence-corrected chi connectivity index (χ3v) is 7.18. The van der Waals surface area contributed by atoms with Crippen LogP contribution in [0.2, 0.25) is 0 Å². The van der Waals surface area contributed by atoms with Crippen LogP contribution in [0, 0.1) is 0 Å². The number of aromatic nitrogens is 2. The van der Waals surface area contributed by atoms with E-state index in [2.05, 4.69) is 20.2 Å². The number of sulfonamides is 1. The number of carbonyl (C=O) groups excluding carboxylic acids is 1. The van der Waals surface area contributed by atoms with Gasteiger partial charge in [0.05, 0.1) is 30.9 Å². The number of methoxy groups -OCH3 is 1. The zero-order chi connectivity index (χ0) is 26.4. The maximum atomic E-state index is 11.7. The number of carbonyl (C=O) groups is 1. The molecule has 37 heavy (non-hydrogen) atoms. The second-order valence-corrected chi connectivity index (χ2v) is 10.5. The highest BCUT2D eigenvalue weighted by Crippen LogP contribution is 2.36. The number of fused-ring (bicyclic) bond motifs is 1. The molecule has 3 aromatic rings. The minimum atomic E-state index is -3.13. The lowest BCUT2D eigenvalue weighted by Crippen LogP contribution is -2.48. The zero-order valence-electron chi connectivity index (χ0n) is 20.7. The van der Waals surface area contributed by atoms with E-state index in [4.69, 9.17) is 19.9 Å². The molecular formula is C24H30N6O6S. The maximum absolute atomic E-state index is 11.7. The van der Waals surface area contributed by atoms with Crippen LogP contribution >= 0.6 is 0 Å². The van der Waals surface area contributed by atoms with Crippen LogP contribution in [0.1, 0.15) is 6.42 Å². The number of amides is 2. The quantitative estimate of drug-likeness (QED) is 0.376. The molecule has 1 aliphatic rings. The zero-order valence-corrected chi connectivity index (χ0v) is 21.5. The van der Waals surface area contributed by atoms with Gasteiger partial charge in [0.15, 0.2) is 11.5 Å². The van der Waals surface area contributed by atoms with Crippen molar-refractivity contribution in [2.24, 2.45) is 5.73 Å². The standard InChI is InChI=1S/C24H30N6O6S/c1-34-21-14-19-20(26-16-27-23(19)36-18-6-3-5-17(13-18)28-24(25)31)15-22(21)35-12-4-7-29-8-10-30(11-9-29)37(2,32)33/h3,5-6,13-16H,4,7-12H2,1-2H3,(H3,25,28,31). The first kappa shape index (κ1) is 26.4. The summed E-state index contributed by atoms with van der Waals surface area (Å²) in [5, 5.41) is 3.14. The molecule has 2 heterocycles. The topological polar surface area (TPSA) is 149 Å². The molecule has 3 N–H and O–H groups in total. The van der Waals surface area contributed by atoms with Gasteiger partial charge in [-0.25, -0.2) is 23.2 Å². The van der Waals surface area contributed by atoms with Gasteiger partial charge in [-0.3, -0.25) is 0 Å². The Labute approximate surface area is 215 Å². The van der Waals surface area contributed by atoms with E-state index < -0.39 is 16.1 Å². The van der Waals surface area contributed by atoms with Gasteiger partial charge < -0.3 is 30.2 Å². The second-order valence-electron chi connectivity index (χ2n) is 8.52. The molecule has 13 heteroatoms. The number of hydrogen-bond donors (Lipinski definition) is 2. The maximum Gasteiger partial charge on any atom is 0.316 e. The van der Waals surface area contributed by atoms with Crippen LogP contribution in [0.15, 0.2) is 42.7 Å². The third kappa shape index (κ3) is 6.96. The number of nitrogens with zero attached hydrogens (tertiary/aromatic N) is 4. The summed E-state index contributed by atoms with van der Waals surface area (Å²) in [7, 11) is -1.58. The minimum Gasteiger partial charge on any atom is -0.493 e. The summed E-state index contributed by atoms with van der Waals surface area (Å²) in [5.41, 5.74) is 6.30. The molecule has 4 rings (SSSR count). The number of urea groups is 1. The van der Waals surface area contributed by atoms with Crippen LogP contribution in [-0.2, 0) is 10.0 Å². The molecule has 2 aromatic carbocycles. The molecule has 12 nitrogen and oxygen atoms in total. The van der Waals surface area contributed by atoms with Crippen molar-refractivity contribution in [2.75, 3.05) is 58.0 Å². The predicted molar refractivity (Wildman–Crippen MR) is 139 cm³/mol. The summed E-state index contributed by atoms with van der Waals surface area (Å²) >= 11 is 0. The van der Waals surface area contributed by atoms with Gasteiger partial charge in [-0.1, -0.05) is 6.07 Å². The largest absolute Gasteiger partial charge is 0.493 e. The van der Waals surface area contributed by atoms with Gasteiger partial charge >= 0.3 is 6.03 Å². The number of anilines is 1. The van der Waals surface area contributed by atoms with Gasteiger partial charge in [0.25, 0.3) is 0 Å². The van der Waals surface area contributed by atoms with Crippen LogP contribution in [0.4, 0.5) is 10.5 Å². The highest BCUT2D eigenvalue weighted by molar-refractivity contribution is 7.88. The van der Waals surface area contributed by atoms with Crippen molar-refractivity contribution in [3.8, 4) is 23.1 Å². The van der Waals surface area contributed by atoms with Crippen LogP contribution in [0.5, 0.6) is 23.1 Å². The van der Waals surface area contributed by atoms with Crippen LogP contribution in [0.3, 0.4) is 0 Å². The number of nitrogens with two attached hydrogens (primary N) is 1. The Bertz CT molecular complexity index is 1360. The molecule has 0 aliphatic carbocycles. The predicted octanol–water partition coefficient (Wildman–Crippen LogP) is 2.27. The molecule has 2 amide bonds. The van der Waals surface area contributed by atoms with Crippen LogP contribution in [0.25, 0.3) is 10.9 Å². The van der Waals surface area contributed by atoms with E-state index in [-0.39, 0.29) is 0 Å². The summed E-state index contributed by atoms with van der Waals surface area (Å²) in [4.78, 5) is 22.0. The molecule has 198 valence electrons. The normalized spacial score (nSPS) is 14.9. The molecule has 0 atom stereocenters. The van der Waals surface area contributed by atoms with E-state index in [1.807, 2.05) is 0 Å². The lowest BCUT2D eigenvalue weighted by atomic mass is 10.2. The van der Waals surface area contributed by atoms with E-state index in [0.29, 0.717) is 72.5 Å². The molecule has 0 spiro atoms. The van der Waals surface area contributed by atoms with Crippen molar-refractivity contribution < 1.29 is 27.4 Å². The minimum absolute atomic E-state index is 0.319. The fraction of sp³-hybridized carbons (Fsp3) is 0.375. The van der Waals surface area contributed by atoms with Gasteiger partial charge in [0.2, 0.25) is 15.9 Å². The van der Waals surface area contributed by atoms with Crippen LogP contribution < -0.4 is 25.3 Å². The Balaban J connectivity index is 1.39. The summed E-state index contributed by atoms with van der Waals surface area (Å²) in [6, 6.07) is 9.65. The fourth-order valence-corrected chi connectivity index (χ4v) is 4.87. The molecule has 1 aromatic heterocycles. The highest BCUT2D eigenvalue weighted by Gasteiger charge is 2.23. The number of rotatable bonds is 10. The number of hydrogen-bond acceptors (Lipinski definition) is 9. The van der Waals surface area contributed by atoms with E-state index in [0.717, 1.165) is 13.0 Å². The van der Waals surface area contributed by atoms with Gasteiger partial charge in [-0.05, 0) is 24.6 Å². The number of primary amides is 1. The van der Waals surface area contributed by atoms with E-state index in [1.165, 1.54) is 16.9 Å². The van der Waals surface area contributed by atoms with Crippen molar-refractivity contribution in [3.05, 3.63) is 42.7 Å². The Kier molecular flexibility index (Phi) is 8.26. The average Bonchev–Trinajstić information content (AvgIpc) is 2.86. The van der Waals surface area contributed by atoms with Crippen molar-refractivity contribution in [2.45, 2.75) is 6.42 Å². The van der Waals surface area contributed by atoms with E-state index in [1.54, 1.807) is 43.5 Å². The van der Waals surface area contributed by atoms with Crippen molar-refractivity contribution in [3.63, 3.8) is 0 Å². The summed E-state index contributed by atoms with van der Waals surface area (Å²) in [5.74, 6) is 1.84. The van der Waals surface area contributed by atoms with Gasteiger partial charge in [0.1, 0.15) is 12.1 Å². The Morgan fingerprint density at radius 1 is 1.11 bits per heavy atom. The Hall–Kier alpha value is -3.68. The number of benzene rings is 2. The molecule has 0 saturated carbocycles. The lowest BCUT2D eigenvalue weighted by Gasteiger charge is -2.33. The Morgan fingerprint density at radius 2 is 1.89 bits per heavy atom. The summed E-state index contributed by atoms with van der Waals surface area (Å²) in [6.07, 6.45) is 3.42. The fourth-order valence-electron chi connectivity index (χ4n) is 4.04. The van der Waals surface area contributed by atoms with Crippen molar-refractivity contribution in [1.82, 2.24) is 19.2 Å². The Morgan fingerprint density at radius 3 is 2.59 bits per heavy atom. The first-order valence-electron chi connectivity index (χ1n) is 11.7. The number of ether oxygens (including phenoxy) is 3. The van der Waals surface area contributed by atoms with Gasteiger partial charge in [-0.2, -0.15) is 4.31 Å². The molecule has 1 saturated heterocycles. The van der Waals surface area contributed by atoms with Crippen molar-refractivity contribution in [1.29, 1.82) is 0 Å². The molecule has 1 aliphatic heterocycles. The van der Waals surface area contributed by atoms with Crippen LogP contribution in [-0.4, -0.2) is 86.3 Å².